The van der Waals surface area contributed by atoms with E-state index in [1.165, 1.54) is 11.8 Å². The van der Waals surface area contributed by atoms with Crippen molar-refractivity contribution in [2.24, 2.45) is 11.8 Å². The fourth-order valence-corrected chi connectivity index (χ4v) is 4.72. The summed E-state index contributed by atoms with van der Waals surface area (Å²) in [6.45, 7) is 3.78. The topological polar surface area (TPSA) is 58.1 Å². The zero-order valence-corrected chi connectivity index (χ0v) is 16.0. The highest BCUT2D eigenvalue weighted by atomic mass is 35.5. The van der Waals surface area contributed by atoms with Crippen molar-refractivity contribution in [3.63, 3.8) is 0 Å². The predicted molar refractivity (Wildman–Crippen MR) is 103 cm³/mol. The van der Waals surface area contributed by atoms with E-state index in [0.717, 1.165) is 48.9 Å². The van der Waals surface area contributed by atoms with Crippen LogP contribution in [0.3, 0.4) is 0 Å². The fourth-order valence-electron chi connectivity index (χ4n) is 3.71. The maximum Gasteiger partial charge on any atom is 0.274 e. The first-order chi connectivity index (χ1) is 12.7. The average Bonchev–Trinajstić information content (AvgIpc) is 3.02. The van der Waals surface area contributed by atoms with Crippen LogP contribution in [0.25, 0.3) is 0 Å². The summed E-state index contributed by atoms with van der Waals surface area (Å²) < 4.78 is 0. The Balaban J connectivity index is 1.41. The van der Waals surface area contributed by atoms with E-state index < -0.39 is 0 Å². The van der Waals surface area contributed by atoms with Crippen molar-refractivity contribution in [2.45, 2.75) is 22.8 Å². The maximum atomic E-state index is 12.8. The van der Waals surface area contributed by atoms with Gasteiger partial charge in [-0.25, -0.2) is 0 Å². The second-order valence-corrected chi connectivity index (χ2v) is 8.31. The second kappa shape index (κ2) is 7.94. The Morgan fingerprint density at radius 1 is 1.08 bits per heavy atom. The molecule has 5 nitrogen and oxygen atoms in total. The molecule has 26 heavy (non-hydrogen) atoms. The molecule has 1 N–H and O–H groups in total. The van der Waals surface area contributed by atoms with Crippen LogP contribution in [0.15, 0.2) is 46.3 Å². The summed E-state index contributed by atoms with van der Waals surface area (Å²) in [6.07, 6.45) is 2.13. The minimum atomic E-state index is -0.0141. The molecule has 1 amide bonds. The number of nitrogens with one attached hydrogen (secondary N) is 1. The molecule has 1 aromatic heterocycles. The summed E-state index contributed by atoms with van der Waals surface area (Å²) in [4.78, 5) is 15.6. The van der Waals surface area contributed by atoms with Crippen molar-refractivity contribution in [1.29, 1.82) is 0 Å². The molecule has 0 unspecified atom stereocenters. The van der Waals surface area contributed by atoms with Crippen molar-refractivity contribution >= 4 is 29.3 Å². The maximum absolute atomic E-state index is 12.8. The Kier molecular flexibility index (Phi) is 5.43. The van der Waals surface area contributed by atoms with Gasteiger partial charge in [0.1, 0.15) is 5.03 Å². The number of hydrogen-bond acceptors (Lipinski definition) is 5. The number of amides is 1. The zero-order valence-electron chi connectivity index (χ0n) is 14.4. The van der Waals surface area contributed by atoms with E-state index in [2.05, 4.69) is 15.5 Å². The number of halogens is 1. The van der Waals surface area contributed by atoms with Gasteiger partial charge in [-0.1, -0.05) is 35.5 Å². The van der Waals surface area contributed by atoms with E-state index in [9.17, 15) is 4.79 Å². The number of rotatable bonds is 3. The zero-order chi connectivity index (χ0) is 17.9. The fraction of sp³-hybridized carbons (Fsp3) is 0.421. The predicted octanol–water partition coefficient (Wildman–Crippen LogP) is 3.35. The van der Waals surface area contributed by atoms with E-state index in [0.29, 0.717) is 22.6 Å². The Bertz CT molecular complexity index is 771. The molecule has 136 valence electrons. The smallest absolute Gasteiger partial charge is 0.274 e. The lowest BCUT2D eigenvalue weighted by atomic mass is 9.92. The molecule has 2 aliphatic rings. The number of fused-ring (bicyclic) bond motifs is 1. The van der Waals surface area contributed by atoms with Crippen LogP contribution in [0.5, 0.6) is 0 Å². The van der Waals surface area contributed by atoms with Crippen LogP contribution >= 0.6 is 23.4 Å². The van der Waals surface area contributed by atoms with Crippen LogP contribution in [-0.4, -0.2) is 47.2 Å². The third-order valence-corrected chi connectivity index (χ3v) is 6.66. The summed E-state index contributed by atoms with van der Waals surface area (Å²) >= 11 is 7.63. The second-order valence-electron chi connectivity index (χ2n) is 6.84. The molecule has 7 heteroatoms. The number of nitrogens with zero attached hydrogens (tertiary/aromatic N) is 3. The number of carbonyl (C=O) groups is 1. The summed E-state index contributed by atoms with van der Waals surface area (Å²) in [5.74, 6) is 1.39. The molecule has 2 aliphatic heterocycles. The monoisotopic (exact) mass is 388 g/mol. The Labute approximate surface area is 162 Å². The highest BCUT2D eigenvalue weighted by Gasteiger charge is 2.32. The standard InChI is InChI=1S/C19H21ClN4OS/c20-15-3-1-2-4-17(15)26-18-6-5-16(22-23-18)19(25)24-9-7-13-11-21-12-14(13)8-10-24/h1-6,13-14,21H,7-12H2/t13-,14+. The minimum Gasteiger partial charge on any atom is -0.337 e. The normalized spacial score (nSPS) is 22.7. The first-order valence-corrected chi connectivity index (χ1v) is 10.2. The van der Waals surface area contributed by atoms with Crippen LogP contribution in [0.1, 0.15) is 23.3 Å². The number of likely N-dealkylation sites (tertiary alicyclic amines) is 1. The van der Waals surface area contributed by atoms with Gasteiger partial charge in [-0.2, -0.15) is 0 Å². The molecule has 2 saturated heterocycles. The Hall–Kier alpha value is -1.63. The van der Waals surface area contributed by atoms with Gasteiger partial charge in [0.05, 0.1) is 5.02 Å². The molecule has 2 aromatic rings. The van der Waals surface area contributed by atoms with E-state index in [4.69, 9.17) is 11.6 Å². The van der Waals surface area contributed by atoms with Crippen LogP contribution in [0.4, 0.5) is 0 Å². The highest BCUT2D eigenvalue weighted by molar-refractivity contribution is 7.99. The molecule has 1 aromatic carbocycles. The summed E-state index contributed by atoms with van der Waals surface area (Å²) in [6, 6.07) is 11.2. The van der Waals surface area contributed by atoms with Gasteiger partial charge in [-0.3, -0.25) is 4.79 Å². The van der Waals surface area contributed by atoms with Crippen molar-refractivity contribution < 1.29 is 4.79 Å². The summed E-state index contributed by atoms with van der Waals surface area (Å²) in [5, 5.41) is 13.2. The molecule has 3 heterocycles. The molecule has 2 atom stereocenters. The van der Waals surface area contributed by atoms with Gasteiger partial charge < -0.3 is 10.2 Å². The number of carbonyl (C=O) groups excluding carboxylic acids is 1. The van der Waals surface area contributed by atoms with Gasteiger partial charge in [0, 0.05) is 18.0 Å². The third kappa shape index (κ3) is 3.87. The Morgan fingerprint density at radius 2 is 1.81 bits per heavy atom. The van der Waals surface area contributed by atoms with E-state index in [-0.39, 0.29) is 5.91 Å². The van der Waals surface area contributed by atoms with Gasteiger partial charge in [0.25, 0.3) is 5.91 Å². The van der Waals surface area contributed by atoms with Gasteiger partial charge >= 0.3 is 0 Å². The van der Waals surface area contributed by atoms with Crippen molar-refractivity contribution in [1.82, 2.24) is 20.4 Å². The van der Waals surface area contributed by atoms with Gasteiger partial charge in [0.15, 0.2) is 5.69 Å². The molecular formula is C19H21ClN4OS. The molecule has 4 rings (SSSR count). The van der Waals surface area contributed by atoms with Crippen LogP contribution in [0.2, 0.25) is 5.02 Å². The first-order valence-electron chi connectivity index (χ1n) is 8.97. The SMILES string of the molecule is O=C(c1ccc(Sc2ccccc2Cl)nn1)N1CC[C@@H]2CNC[C@@H]2CC1. The molecule has 0 radical (unpaired) electrons. The van der Waals surface area contributed by atoms with Crippen LogP contribution in [0, 0.1) is 11.8 Å². The molecule has 0 spiro atoms. The average molecular weight is 389 g/mol. The molecule has 0 bridgehead atoms. The van der Waals surface area contributed by atoms with Crippen LogP contribution < -0.4 is 5.32 Å². The minimum absolute atomic E-state index is 0.0141. The summed E-state index contributed by atoms with van der Waals surface area (Å²) in [5.41, 5.74) is 0.415. The van der Waals surface area contributed by atoms with E-state index in [1.807, 2.05) is 35.2 Å². The lowest BCUT2D eigenvalue weighted by Gasteiger charge is -2.20. The van der Waals surface area contributed by atoms with Crippen molar-refractivity contribution in [3.8, 4) is 0 Å². The highest BCUT2D eigenvalue weighted by Crippen LogP contribution is 2.31. The third-order valence-electron chi connectivity index (χ3n) is 5.22. The van der Waals surface area contributed by atoms with Gasteiger partial charge in [-0.05, 0) is 62.0 Å². The van der Waals surface area contributed by atoms with Gasteiger partial charge in [0.2, 0.25) is 0 Å². The number of benzene rings is 1. The van der Waals surface area contributed by atoms with E-state index in [1.54, 1.807) is 6.07 Å². The lowest BCUT2D eigenvalue weighted by molar-refractivity contribution is 0.0751. The Morgan fingerprint density at radius 3 is 2.46 bits per heavy atom. The lowest BCUT2D eigenvalue weighted by Crippen LogP contribution is -2.33. The van der Waals surface area contributed by atoms with Crippen molar-refractivity contribution in [3.05, 3.63) is 47.1 Å². The first kappa shape index (κ1) is 17.8. The number of aromatic nitrogens is 2. The summed E-state index contributed by atoms with van der Waals surface area (Å²) in [7, 11) is 0. The van der Waals surface area contributed by atoms with E-state index >= 15 is 0 Å². The van der Waals surface area contributed by atoms with Crippen molar-refractivity contribution in [2.75, 3.05) is 26.2 Å². The molecular weight excluding hydrogens is 368 g/mol. The number of hydrogen-bond donors (Lipinski definition) is 1. The quantitative estimate of drug-likeness (QED) is 0.873. The molecule has 0 aliphatic carbocycles. The molecule has 2 fully saturated rings. The largest absolute Gasteiger partial charge is 0.337 e. The van der Waals surface area contributed by atoms with Gasteiger partial charge in [-0.15, -0.1) is 10.2 Å². The molecule has 0 saturated carbocycles. The van der Waals surface area contributed by atoms with Crippen LogP contribution in [-0.2, 0) is 0 Å².